The fraction of sp³-hybridized carbons (Fsp3) is 0.375. The Kier molecular flexibility index (Phi) is 4.82. The van der Waals surface area contributed by atoms with E-state index in [1.807, 2.05) is 41.2 Å². The Labute approximate surface area is 129 Å². The highest BCUT2D eigenvalue weighted by Crippen LogP contribution is 2.11. The van der Waals surface area contributed by atoms with Crippen LogP contribution in [0.3, 0.4) is 0 Å². The van der Waals surface area contributed by atoms with E-state index < -0.39 is 0 Å². The van der Waals surface area contributed by atoms with Gasteiger partial charge in [-0.15, -0.1) is 0 Å². The Hall–Kier alpha value is -2.18. The van der Waals surface area contributed by atoms with Gasteiger partial charge >= 0.3 is 0 Å². The molecule has 0 saturated carbocycles. The van der Waals surface area contributed by atoms with Gasteiger partial charge in [-0.25, -0.2) is 0 Å². The summed E-state index contributed by atoms with van der Waals surface area (Å²) in [6.07, 6.45) is 4.11. The Morgan fingerprint density at radius 3 is 2.95 bits per heavy atom. The first-order chi connectivity index (χ1) is 10.8. The molecule has 1 fully saturated rings. The number of hydrogen-bond donors (Lipinski definition) is 2. The van der Waals surface area contributed by atoms with Crippen LogP contribution in [0.4, 0.5) is 5.69 Å². The lowest BCUT2D eigenvalue weighted by Gasteiger charge is -2.23. The van der Waals surface area contributed by atoms with Crippen LogP contribution in [0.15, 0.2) is 42.7 Å². The van der Waals surface area contributed by atoms with Gasteiger partial charge in [0.2, 0.25) is 5.91 Å². The number of benzene rings is 1. The molecular weight excluding hydrogens is 280 g/mol. The molecule has 0 radical (unpaired) electrons. The zero-order valence-corrected chi connectivity index (χ0v) is 12.4. The van der Waals surface area contributed by atoms with Crippen LogP contribution in [0.1, 0.15) is 12.0 Å². The van der Waals surface area contributed by atoms with Gasteiger partial charge in [0, 0.05) is 37.1 Å². The van der Waals surface area contributed by atoms with Crippen molar-refractivity contribution in [2.45, 2.75) is 19.0 Å². The predicted octanol–water partition coefficient (Wildman–Crippen LogP) is 1.25. The van der Waals surface area contributed by atoms with Gasteiger partial charge in [-0.1, -0.05) is 12.1 Å². The van der Waals surface area contributed by atoms with E-state index in [9.17, 15) is 4.79 Å². The van der Waals surface area contributed by atoms with Crippen molar-refractivity contribution in [2.24, 2.45) is 0 Å². The molecule has 22 heavy (non-hydrogen) atoms. The number of nitrogens with zero attached hydrogens (tertiary/aromatic N) is 2. The van der Waals surface area contributed by atoms with Gasteiger partial charge in [0.05, 0.1) is 19.8 Å². The molecule has 0 spiro atoms. The van der Waals surface area contributed by atoms with E-state index in [1.54, 1.807) is 6.20 Å². The Bertz CT molecular complexity index is 589. The molecule has 6 heteroatoms. The van der Waals surface area contributed by atoms with E-state index >= 15 is 0 Å². The molecule has 1 aliphatic rings. The monoisotopic (exact) mass is 300 g/mol. The first kappa shape index (κ1) is 14.7. The average molecular weight is 300 g/mol. The number of aromatic nitrogens is 2. The highest BCUT2D eigenvalue weighted by Gasteiger charge is 2.16. The second kappa shape index (κ2) is 7.20. The van der Waals surface area contributed by atoms with E-state index in [1.165, 1.54) is 0 Å². The van der Waals surface area contributed by atoms with Crippen molar-refractivity contribution in [3.63, 3.8) is 0 Å². The van der Waals surface area contributed by atoms with Gasteiger partial charge in [-0.05, 0) is 23.8 Å². The molecule has 1 aliphatic heterocycles. The fourth-order valence-electron chi connectivity index (χ4n) is 2.46. The molecule has 1 aromatic carbocycles. The second-order valence-corrected chi connectivity index (χ2v) is 5.38. The van der Waals surface area contributed by atoms with Crippen LogP contribution in [0, 0.1) is 0 Å². The maximum absolute atomic E-state index is 12.0. The number of nitrogens with one attached hydrogen (secondary N) is 2. The van der Waals surface area contributed by atoms with Crippen LogP contribution >= 0.6 is 0 Å². The maximum atomic E-state index is 12.0. The first-order valence-electron chi connectivity index (χ1n) is 7.47. The van der Waals surface area contributed by atoms with Crippen LogP contribution in [0.5, 0.6) is 0 Å². The normalized spacial score (nSPS) is 18.1. The van der Waals surface area contributed by atoms with Gasteiger partial charge in [-0.2, -0.15) is 5.10 Å². The molecule has 3 rings (SSSR count). The van der Waals surface area contributed by atoms with E-state index in [4.69, 9.17) is 4.74 Å². The Morgan fingerprint density at radius 2 is 2.27 bits per heavy atom. The highest BCUT2D eigenvalue weighted by molar-refractivity contribution is 5.91. The lowest BCUT2D eigenvalue weighted by atomic mass is 10.1. The number of rotatable bonds is 5. The molecular formula is C16H20N4O2. The minimum atomic E-state index is 0.00262. The molecule has 1 aromatic heterocycles. The summed E-state index contributed by atoms with van der Waals surface area (Å²) >= 11 is 0. The molecule has 1 amide bonds. The van der Waals surface area contributed by atoms with Crippen molar-refractivity contribution >= 4 is 11.6 Å². The third-order valence-corrected chi connectivity index (χ3v) is 3.57. The molecule has 2 heterocycles. The van der Waals surface area contributed by atoms with E-state index in [2.05, 4.69) is 15.7 Å². The number of carbonyl (C=O) groups excluding carboxylic acids is 1. The summed E-state index contributed by atoms with van der Waals surface area (Å²) in [5, 5.41) is 10.4. The van der Waals surface area contributed by atoms with Gasteiger partial charge in [-0.3, -0.25) is 9.48 Å². The summed E-state index contributed by atoms with van der Waals surface area (Å²) in [7, 11) is 0. The van der Waals surface area contributed by atoms with Crippen LogP contribution in [-0.4, -0.2) is 41.5 Å². The average Bonchev–Trinajstić information content (AvgIpc) is 3.03. The summed E-state index contributed by atoms with van der Waals surface area (Å²) in [6.45, 7) is 2.84. The summed E-state index contributed by atoms with van der Waals surface area (Å²) in [5.41, 5.74) is 1.95. The largest absolute Gasteiger partial charge is 0.378 e. The zero-order valence-electron chi connectivity index (χ0n) is 12.4. The van der Waals surface area contributed by atoms with E-state index in [0.29, 0.717) is 13.0 Å². The Morgan fingerprint density at radius 1 is 1.41 bits per heavy atom. The standard InChI is InChI=1S/C16H20N4O2/c21-16(10-15-12-22-9-7-17-15)19-14-4-2-13(3-5-14)11-20-8-1-6-18-20/h1-6,8,15,17H,7,9-12H2,(H,19,21). The first-order valence-corrected chi connectivity index (χ1v) is 7.47. The Balaban J connectivity index is 1.50. The minimum absolute atomic E-state index is 0.00262. The lowest BCUT2D eigenvalue weighted by molar-refractivity contribution is -0.117. The van der Waals surface area contributed by atoms with Crippen LogP contribution < -0.4 is 10.6 Å². The third-order valence-electron chi connectivity index (χ3n) is 3.57. The minimum Gasteiger partial charge on any atom is -0.378 e. The topological polar surface area (TPSA) is 68.2 Å². The van der Waals surface area contributed by atoms with Crippen molar-refractivity contribution in [2.75, 3.05) is 25.1 Å². The summed E-state index contributed by atoms with van der Waals surface area (Å²) in [6, 6.07) is 9.84. The second-order valence-electron chi connectivity index (χ2n) is 5.38. The molecule has 2 N–H and O–H groups in total. The van der Waals surface area contributed by atoms with Gasteiger partial charge in [0.25, 0.3) is 0 Å². The van der Waals surface area contributed by atoms with E-state index in [-0.39, 0.29) is 11.9 Å². The highest BCUT2D eigenvalue weighted by atomic mass is 16.5. The zero-order chi connectivity index (χ0) is 15.2. The van der Waals surface area contributed by atoms with E-state index in [0.717, 1.165) is 30.9 Å². The maximum Gasteiger partial charge on any atom is 0.226 e. The molecule has 1 saturated heterocycles. The molecule has 116 valence electrons. The number of ether oxygens (including phenoxy) is 1. The van der Waals surface area contributed by atoms with Crippen LogP contribution in [0.2, 0.25) is 0 Å². The number of hydrogen-bond acceptors (Lipinski definition) is 4. The SMILES string of the molecule is O=C(CC1COCCN1)Nc1ccc(Cn2cccn2)cc1. The molecule has 1 unspecified atom stereocenters. The van der Waals surface area contributed by atoms with Crippen molar-refractivity contribution in [1.29, 1.82) is 0 Å². The third kappa shape index (κ3) is 4.16. The summed E-state index contributed by atoms with van der Waals surface area (Å²) in [5.74, 6) is 0.00262. The quantitative estimate of drug-likeness (QED) is 0.872. The van der Waals surface area contributed by atoms with Gasteiger partial charge in [0.1, 0.15) is 0 Å². The number of carbonyl (C=O) groups is 1. The summed E-state index contributed by atoms with van der Waals surface area (Å²) < 4.78 is 7.21. The summed E-state index contributed by atoms with van der Waals surface area (Å²) in [4.78, 5) is 12.0. The molecule has 1 atom stereocenters. The molecule has 6 nitrogen and oxygen atoms in total. The smallest absolute Gasteiger partial charge is 0.226 e. The molecule has 0 aliphatic carbocycles. The number of morpholine rings is 1. The lowest BCUT2D eigenvalue weighted by Crippen LogP contribution is -2.43. The molecule has 0 bridgehead atoms. The predicted molar refractivity (Wildman–Crippen MR) is 83.6 cm³/mol. The van der Waals surface area contributed by atoms with Crippen LogP contribution in [0.25, 0.3) is 0 Å². The van der Waals surface area contributed by atoms with Crippen LogP contribution in [-0.2, 0) is 16.1 Å². The fourth-order valence-corrected chi connectivity index (χ4v) is 2.46. The van der Waals surface area contributed by atoms with Gasteiger partial charge in [0.15, 0.2) is 0 Å². The molecule has 2 aromatic rings. The van der Waals surface area contributed by atoms with Crippen molar-refractivity contribution < 1.29 is 9.53 Å². The number of anilines is 1. The van der Waals surface area contributed by atoms with Crippen molar-refractivity contribution in [1.82, 2.24) is 15.1 Å². The van der Waals surface area contributed by atoms with Gasteiger partial charge < -0.3 is 15.4 Å². The van der Waals surface area contributed by atoms with Crippen molar-refractivity contribution in [3.8, 4) is 0 Å². The number of amides is 1. The van der Waals surface area contributed by atoms with Crippen molar-refractivity contribution in [3.05, 3.63) is 48.3 Å².